The molecule has 0 unspecified atom stereocenters. The molecule has 214 valence electrons. The number of methoxy groups -OCH3 is 2. The lowest BCUT2D eigenvalue weighted by molar-refractivity contribution is 0.0585. The van der Waals surface area contributed by atoms with Crippen molar-refractivity contribution in [3.8, 4) is 0 Å². The van der Waals surface area contributed by atoms with Crippen LogP contribution in [0.25, 0.3) is 0 Å². The van der Waals surface area contributed by atoms with Gasteiger partial charge in [-0.05, 0) is 60.2 Å². The van der Waals surface area contributed by atoms with Crippen LogP contribution in [-0.4, -0.2) is 42.4 Å². The summed E-state index contributed by atoms with van der Waals surface area (Å²) in [5, 5.41) is 3.21. The maximum atomic E-state index is 13.0. The van der Waals surface area contributed by atoms with Crippen LogP contribution < -0.4 is 11.1 Å². The van der Waals surface area contributed by atoms with Gasteiger partial charge < -0.3 is 20.5 Å². The van der Waals surface area contributed by atoms with Crippen LogP contribution in [0, 0.1) is 11.6 Å². The van der Waals surface area contributed by atoms with Gasteiger partial charge in [-0.2, -0.15) is 0 Å². The number of halogens is 4. The number of carbonyl (C=O) groups excluding carboxylic acids is 3. The predicted octanol–water partition coefficient (Wildman–Crippen LogP) is 6.01. The van der Waals surface area contributed by atoms with Crippen molar-refractivity contribution >= 4 is 52.8 Å². The van der Waals surface area contributed by atoms with Crippen molar-refractivity contribution in [2.45, 2.75) is 6.54 Å². The molecule has 4 aromatic rings. The van der Waals surface area contributed by atoms with Crippen LogP contribution in [0.2, 0.25) is 10.0 Å². The van der Waals surface area contributed by atoms with Gasteiger partial charge in [0, 0.05) is 35.9 Å². The van der Waals surface area contributed by atoms with Gasteiger partial charge in [0.1, 0.15) is 23.0 Å². The molecule has 0 fully saturated rings. The van der Waals surface area contributed by atoms with E-state index in [1.807, 2.05) is 0 Å². The first kappa shape index (κ1) is 32.6. The summed E-state index contributed by atoms with van der Waals surface area (Å²) in [6.07, 6.45) is 3.55. The Labute approximate surface area is 244 Å². The van der Waals surface area contributed by atoms with E-state index in [-0.39, 0.29) is 21.4 Å². The molecule has 0 amide bonds. The first-order chi connectivity index (χ1) is 19.6. The summed E-state index contributed by atoms with van der Waals surface area (Å²) in [5.41, 5.74) is 8.21. The van der Waals surface area contributed by atoms with Gasteiger partial charge in [0.15, 0.2) is 6.29 Å². The number of nitrogens with one attached hydrogen (secondary N) is 1. The second-order valence-electron chi connectivity index (χ2n) is 7.79. The van der Waals surface area contributed by atoms with Gasteiger partial charge in [-0.25, -0.2) is 28.3 Å². The number of hydrogen-bond acceptors (Lipinski definition) is 9. The highest BCUT2D eigenvalue weighted by atomic mass is 35.5. The first-order valence-corrected chi connectivity index (χ1v) is 12.3. The maximum Gasteiger partial charge on any atom is 0.356 e. The molecule has 2 aromatic heterocycles. The molecule has 0 saturated heterocycles. The van der Waals surface area contributed by atoms with Crippen LogP contribution in [0.3, 0.4) is 0 Å². The van der Waals surface area contributed by atoms with E-state index in [2.05, 4.69) is 24.8 Å². The second-order valence-corrected chi connectivity index (χ2v) is 8.60. The molecule has 0 saturated carbocycles. The van der Waals surface area contributed by atoms with Crippen LogP contribution in [-0.2, 0) is 16.0 Å². The van der Waals surface area contributed by atoms with Crippen molar-refractivity contribution in [3.05, 3.63) is 117 Å². The Balaban J connectivity index is 0.000000237. The Bertz CT molecular complexity index is 1470. The van der Waals surface area contributed by atoms with Crippen molar-refractivity contribution in [2.75, 3.05) is 25.3 Å². The number of nitrogens with zero attached hydrogens (tertiary/aromatic N) is 2. The Morgan fingerprint density at radius 3 is 1.85 bits per heavy atom. The monoisotopic (exact) mass is 604 g/mol. The fourth-order valence-electron chi connectivity index (χ4n) is 2.78. The molecular formula is C28H24Cl2F2N4O5. The van der Waals surface area contributed by atoms with Gasteiger partial charge in [-0.1, -0.05) is 29.3 Å². The van der Waals surface area contributed by atoms with Crippen LogP contribution in [0.5, 0.6) is 0 Å². The van der Waals surface area contributed by atoms with Crippen molar-refractivity contribution in [2.24, 2.45) is 0 Å². The van der Waals surface area contributed by atoms with Gasteiger partial charge in [-0.15, -0.1) is 0 Å². The summed E-state index contributed by atoms with van der Waals surface area (Å²) >= 11 is 11.0. The SMILES string of the molecule is COC(=O)c1ccc(C=O)cn1.COC(=O)c1ccc(CNc2ccc(F)c(Cl)c2)cn1.Nc1ccc(F)c(Cl)c1. The number of pyridine rings is 2. The molecule has 13 heteroatoms. The number of benzene rings is 2. The molecule has 0 atom stereocenters. The lowest BCUT2D eigenvalue weighted by Crippen LogP contribution is -2.05. The minimum Gasteiger partial charge on any atom is -0.464 e. The molecule has 41 heavy (non-hydrogen) atoms. The fourth-order valence-corrected chi connectivity index (χ4v) is 3.15. The average Bonchev–Trinajstić information content (AvgIpc) is 3.00. The zero-order valence-electron chi connectivity index (χ0n) is 21.7. The van der Waals surface area contributed by atoms with Crippen molar-refractivity contribution < 1.29 is 32.6 Å². The Morgan fingerprint density at radius 2 is 1.41 bits per heavy atom. The van der Waals surface area contributed by atoms with Crippen LogP contribution in [0.4, 0.5) is 20.2 Å². The summed E-state index contributed by atoms with van der Waals surface area (Å²) in [7, 11) is 2.58. The molecule has 9 nitrogen and oxygen atoms in total. The van der Waals surface area contributed by atoms with Crippen molar-refractivity contribution in [1.29, 1.82) is 0 Å². The summed E-state index contributed by atoms with van der Waals surface area (Å²) in [5.74, 6) is -1.88. The Morgan fingerprint density at radius 1 is 0.854 bits per heavy atom. The molecular weight excluding hydrogens is 581 g/mol. The highest BCUT2D eigenvalue weighted by Gasteiger charge is 2.07. The molecule has 2 heterocycles. The molecule has 0 spiro atoms. The number of hydrogen-bond donors (Lipinski definition) is 2. The molecule has 4 rings (SSSR count). The molecule has 2 aromatic carbocycles. The lowest BCUT2D eigenvalue weighted by atomic mass is 10.2. The third kappa shape index (κ3) is 10.8. The van der Waals surface area contributed by atoms with E-state index in [1.54, 1.807) is 24.4 Å². The van der Waals surface area contributed by atoms with Crippen LogP contribution >= 0.6 is 23.2 Å². The fraction of sp³-hybridized carbons (Fsp3) is 0.107. The van der Waals surface area contributed by atoms with Crippen LogP contribution in [0.15, 0.2) is 73.1 Å². The zero-order chi connectivity index (χ0) is 30.4. The third-order valence-corrected chi connectivity index (χ3v) is 5.48. The smallest absolute Gasteiger partial charge is 0.356 e. The predicted molar refractivity (Wildman–Crippen MR) is 151 cm³/mol. The number of rotatable bonds is 6. The topological polar surface area (TPSA) is 134 Å². The van der Waals surface area contributed by atoms with Crippen LogP contribution in [0.1, 0.15) is 36.9 Å². The number of carbonyl (C=O) groups is 3. The number of aromatic nitrogens is 2. The van der Waals surface area contributed by atoms with E-state index < -0.39 is 23.6 Å². The Hall–Kier alpha value is -4.61. The minimum absolute atomic E-state index is 0.0640. The highest BCUT2D eigenvalue weighted by Crippen LogP contribution is 2.20. The third-order valence-electron chi connectivity index (χ3n) is 4.90. The molecule has 0 aliphatic heterocycles. The van der Waals surface area contributed by atoms with Crippen molar-refractivity contribution in [1.82, 2.24) is 9.97 Å². The number of aldehydes is 1. The molecule has 3 N–H and O–H groups in total. The normalized spacial score (nSPS) is 9.71. The van der Waals surface area contributed by atoms with E-state index in [0.717, 1.165) is 5.56 Å². The van der Waals surface area contributed by atoms with Gasteiger partial charge >= 0.3 is 11.9 Å². The van der Waals surface area contributed by atoms with E-state index in [0.29, 0.717) is 29.8 Å². The second kappa shape index (κ2) is 16.5. The standard InChI is InChI=1S/C14H12ClFN2O2.C8H7NO3.C6H5ClFN/c1-20-14(19)13-5-2-9(8-18-13)7-17-10-3-4-12(16)11(15)6-10;1-12-8(11)7-3-2-6(5-10)4-9-7;7-5-3-4(9)1-2-6(5)8/h2-6,8,17H,7H2,1H3;2-5H,1H3;1-3H,9H2. The lowest BCUT2D eigenvalue weighted by Gasteiger charge is -2.07. The van der Waals surface area contributed by atoms with E-state index >= 15 is 0 Å². The van der Waals surface area contributed by atoms with Crippen molar-refractivity contribution in [3.63, 3.8) is 0 Å². The number of nitrogen functional groups attached to an aromatic ring is 1. The zero-order valence-corrected chi connectivity index (χ0v) is 23.2. The average molecular weight is 605 g/mol. The number of nitrogens with two attached hydrogens (primary N) is 1. The minimum atomic E-state index is -0.507. The largest absolute Gasteiger partial charge is 0.464 e. The number of ether oxygens (including phenoxy) is 2. The van der Waals surface area contributed by atoms with E-state index in [1.165, 1.54) is 62.9 Å². The quantitative estimate of drug-likeness (QED) is 0.154. The molecule has 0 radical (unpaired) electrons. The molecule has 0 bridgehead atoms. The molecule has 0 aliphatic rings. The van der Waals surface area contributed by atoms with E-state index in [9.17, 15) is 23.2 Å². The summed E-state index contributed by atoms with van der Waals surface area (Å²) < 4.78 is 34.3. The van der Waals surface area contributed by atoms with Gasteiger partial charge in [-0.3, -0.25) is 4.79 Å². The highest BCUT2D eigenvalue weighted by molar-refractivity contribution is 6.31. The van der Waals surface area contributed by atoms with Gasteiger partial charge in [0.05, 0.1) is 24.3 Å². The first-order valence-electron chi connectivity index (χ1n) is 11.5. The number of esters is 2. The van der Waals surface area contributed by atoms with Gasteiger partial charge in [0.25, 0.3) is 0 Å². The van der Waals surface area contributed by atoms with E-state index in [4.69, 9.17) is 28.9 Å². The summed E-state index contributed by atoms with van der Waals surface area (Å²) in [6, 6.07) is 14.8. The Kier molecular flexibility index (Phi) is 13.1. The van der Waals surface area contributed by atoms with Gasteiger partial charge in [0.2, 0.25) is 0 Å². The number of anilines is 2. The maximum absolute atomic E-state index is 13.0. The summed E-state index contributed by atoms with van der Waals surface area (Å²) in [4.78, 5) is 40.0. The molecule has 0 aliphatic carbocycles. The summed E-state index contributed by atoms with van der Waals surface area (Å²) in [6.45, 7) is 0.483.